The third-order valence-electron chi connectivity index (χ3n) is 4.40. The molecule has 1 atom stereocenters. The van der Waals surface area contributed by atoms with Crippen molar-refractivity contribution in [1.82, 2.24) is 10.4 Å². The lowest BCUT2D eigenvalue weighted by Gasteiger charge is -2.25. The molecule has 1 saturated heterocycles. The van der Waals surface area contributed by atoms with Crippen LogP contribution >= 0.6 is 12.2 Å². The largest absolute Gasteiger partial charge is 0.289 e. The van der Waals surface area contributed by atoms with E-state index < -0.39 is 4.92 Å². The van der Waals surface area contributed by atoms with Crippen LogP contribution in [0.5, 0.6) is 0 Å². The highest BCUT2D eigenvalue weighted by molar-refractivity contribution is 7.80. The number of anilines is 1. The van der Waals surface area contributed by atoms with Crippen LogP contribution in [-0.2, 0) is 4.79 Å². The third kappa shape index (κ3) is 4.33. The monoisotopic (exact) mass is 410 g/mol. The first-order valence-electron chi connectivity index (χ1n) is 8.67. The van der Waals surface area contributed by atoms with Gasteiger partial charge in [-0.25, -0.2) is 15.0 Å². The molecule has 0 aromatic heterocycles. The summed E-state index contributed by atoms with van der Waals surface area (Å²) in [5.74, 6) is -0.280. The van der Waals surface area contributed by atoms with E-state index >= 15 is 0 Å². The van der Waals surface area contributed by atoms with Gasteiger partial charge in [0.1, 0.15) is 5.71 Å². The highest BCUT2D eigenvalue weighted by atomic mass is 32.1. The number of benzene rings is 2. The molecule has 0 bridgehead atoms. The van der Waals surface area contributed by atoms with Crippen molar-refractivity contribution in [2.45, 2.75) is 13.0 Å². The van der Waals surface area contributed by atoms with Gasteiger partial charge < -0.3 is 0 Å². The Morgan fingerprint density at radius 2 is 1.86 bits per heavy atom. The number of hydrogen-bond donors (Lipinski definition) is 1. The zero-order chi connectivity index (χ0) is 21.0. The summed E-state index contributed by atoms with van der Waals surface area (Å²) in [7, 11) is 1.79. The third-order valence-corrected chi connectivity index (χ3v) is 4.59. The van der Waals surface area contributed by atoms with Crippen molar-refractivity contribution >= 4 is 46.5 Å². The number of rotatable bonds is 4. The van der Waals surface area contributed by atoms with Crippen LogP contribution in [0, 0.1) is 10.1 Å². The van der Waals surface area contributed by atoms with E-state index in [9.17, 15) is 14.9 Å². The number of hydrazone groups is 1. The van der Waals surface area contributed by atoms with Crippen molar-refractivity contribution in [3.63, 3.8) is 0 Å². The molecule has 1 N–H and O–H groups in total. The lowest BCUT2D eigenvalue weighted by atomic mass is 10.2. The average molecular weight is 410 g/mol. The van der Waals surface area contributed by atoms with E-state index in [2.05, 4.69) is 15.5 Å². The normalized spacial score (nSPS) is 18.6. The first kappa shape index (κ1) is 20.2. The van der Waals surface area contributed by atoms with Crippen molar-refractivity contribution in [2.75, 3.05) is 12.1 Å². The summed E-state index contributed by atoms with van der Waals surface area (Å²) in [5.41, 5.74) is 3.78. The molecule has 1 aliphatic heterocycles. The molecular weight excluding hydrogens is 392 g/mol. The number of carbonyl (C=O) groups is 1. The zero-order valence-electron chi connectivity index (χ0n) is 15.7. The Labute approximate surface area is 172 Å². The molecule has 148 valence electrons. The highest BCUT2D eigenvalue weighted by Crippen LogP contribution is 2.24. The van der Waals surface area contributed by atoms with Gasteiger partial charge in [0.05, 0.1) is 28.4 Å². The second kappa shape index (κ2) is 8.67. The molecule has 29 heavy (non-hydrogen) atoms. The summed E-state index contributed by atoms with van der Waals surface area (Å²) in [6.07, 6.45) is 1.28. The molecule has 1 aliphatic rings. The predicted octanol–water partition coefficient (Wildman–Crippen LogP) is 2.53. The van der Waals surface area contributed by atoms with E-state index in [4.69, 9.17) is 12.2 Å². The van der Waals surface area contributed by atoms with E-state index in [1.807, 2.05) is 37.3 Å². The van der Waals surface area contributed by atoms with Crippen LogP contribution in [0.25, 0.3) is 0 Å². The van der Waals surface area contributed by atoms with Gasteiger partial charge in [-0.05, 0) is 37.3 Å². The summed E-state index contributed by atoms with van der Waals surface area (Å²) >= 11 is 5.15. The number of amides is 1. The Balaban J connectivity index is 1.74. The van der Waals surface area contributed by atoms with Gasteiger partial charge in [0.25, 0.3) is 11.6 Å². The molecular formula is C19H18N6O3S. The molecule has 0 radical (unpaired) electrons. The van der Waals surface area contributed by atoms with Gasteiger partial charge in [0.2, 0.25) is 5.11 Å². The number of hydrogen-bond acceptors (Lipinski definition) is 6. The van der Waals surface area contributed by atoms with Crippen molar-refractivity contribution in [3.05, 3.63) is 70.3 Å². The van der Waals surface area contributed by atoms with Gasteiger partial charge in [-0.3, -0.25) is 20.3 Å². The van der Waals surface area contributed by atoms with Gasteiger partial charge in [0.15, 0.2) is 0 Å². The number of carbonyl (C=O) groups excluding carboxylic acids is 1. The minimum Gasteiger partial charge on any atom is -0.266 e. The number of nitrogens with zero attached hydrogens (tertiary/aromatic N) is 5. The zero-order valence-corrected chi connectivity index (χ0v) is 16.5. The molecule has 0 spiro atoms. The van der Waals surface area contributed by atoms with E-state index in [1.165, 1.54) is 17.3 Å². The van der Waals surface area contributed by atoms with Crippen LogP contribution in [0.3, 0.4) is 0 Å². The fraction of sp³-hybridized carbons (Fsp3) is 0.158. The SMILES string of the molecule is CC1C(=NC(=S)N/N=C/c2ccccc2[N+](=O)[O-])C(=O)N(c2ccccc2)N1C. The van der Waals surface area contributed by atoms with Crippen molar-refractivity contribution in [1.29, 1.82) is 0 Å². The minimum absolute atomic E-state index is 0.0154. The second-order valence-electron chi connectivity index (χ2n) is 6.19. The van der Waals surface area contributed by atoms with Crippen LogP contribution in [0.2, 0.25) is 0 Å². The number of para-hydroxylation sites is 2. The number of hydrazine groups is 1. The van der Waals surface area contributed by atoms with Gasteiger partial charge in [-0.1, -0.05) is 30.3 Å². The fourth-order valence-corrected chi connectivity index (χ4v) is 3.00. The van der Waals surface area contributed by atoms with Crippen molar-refractivity contribution in [2.24, 2.45) is 10.1 Å². The standard InChI is InChI=1S/C19H18N6O3S/c1-13-17(18(26)24(23(13)2)15-9-4-3-5-10-15)21-19(29)22-20-12-14-8-6-7-11-16(14)25(27)28/h3-13H,1-2H3,(H,22,29)/b20-12+,21-17?. The topological polar surface area (TPSA) is 103 Å². The minimum atomic E-state index is -0.493. The Hall–Kier alpha value is -3.50. The number of nitro benzene ring substituents is 1. The van der Waals surface area contributed by atoms with Gasteiger partial charge in [0, 0.05) is 13.1 Å². The molecule has 10 heteroatoms. The molecule has 1 amide bonds. The molecule has 1 unspecified atom stereocenters. The fourth-order valence-electron chi connectivity index (χ4n) is 2.84. The summed E-state index contributed by atoms with van der Waals surface area (Å²) in [5, 5.41) is 18.2. The average Bonchev–Trinajstić information content (AvgIpc) is 2.92. The van der Waals surface area contributed by atoms with Crippen molar-refractivity contribution < 1.29 is 9.72 Å². The maximum Gasteiger partial charge on any atom is 0.289 e. The quantitative estimate of drug-likeness (QED) is 0.360. The second-order valence-corrected chi connectivity index (χ2v) is 6.58. The van der Waals surface area contributed by atoms with E-state index in [0.29, 0.717) is 5.56 Å². The molecule has 1 heterocycles. The van der Waals surface area contributed by atoms with Crippen LogP contribution in [0.1, 0.15) is 12.5 Å². The molecule has 0 aliphatic carbocycles. The summed E-state index contributed by atoms with van der Waals surface area (Å²) in [6, 6.07) is 15.1. The Morgan fingerprint density at radius 1 is 1.21 bits per heavy atom. The smallest absolute Gasteiger partial charge is 0.266 e. The van der Waals surface area contributed by atoms with Crippen LogP contribution in [0.15, 0.2) is 64.7 Å². The number of nitrogens with one attached hydrogen (secondary N) is 1. The number of thiocarbonyl (C=S) groups is 1. The molecule has 2 aromatic carbocycles. The maximum atomic E-state index is 12.8. The van der Waals surface area contributed by atoms with Gasteiger partial charge in [-0.2, -0.15) is 5.10 Å². The molecule has 1 fully saturated rings. The summed E-state index contributed by atoms with van der Waals surface area (Å²) in [4.78, 5) is 27.6. The molecule has 0 saturated carbocycles. The lowest BCUT2D eigenvalue weighted by Crippen LogP contribution is -2.38. The maximum absolute atomic E-state index is 12.8. The predicted molar refractivity (Wildman–Crippen MR) is 115 cm³/mol. The first-order valence-corrected chi connectivity index (χ1v) is 9.08. The Kier molecular flexibility index (Phi) is 6.05. The Morgan fingerprint density at radius 3 is 2.55 bits per heavy atom. The van der Waals surface area contributed by atoms with E-state index in [-0.39, 0.29) is 28.5 Å². The van der Waals surface area contributed by atoms with E-state index in [0.717, 1.165) is 5.69 Å². The Bertz CT molecular complexity index is 1010. The highest BCUT2D eigenvalue weighted by Gasteiger charge is 2.40. The molecule has 3 rings (SSSR count). The van der Waals surface area contributed by atoms with Crippen LogP contribution in [-0.4, -0.2) is 46.0 Å². The first-order chi connectivity index (χ1) is 13.9. The van der Waals surface area contributed by atoms with Gasteiger partial charge in [-0.15, -0.1) is 0 Å². The van der Waals surface area contributed by atoms with Crippen LogP contribution < -0.4 is 10.4 Å². The summed E-state index contributed by atoms with van der Waals surface area (Å²) in [6.45, 7) is 1.85. The van der Waals surface area contributed by atoms with Gasteiger partial charge >= 0.3 is 0 Å². The molecule has 2 aromatic rings. The molecule has 9 nitrogen and oxygen atoms in total. The number of aliphatic imine (C=N–C) groups is 1. The number of nitro groups is 1. The van der Waals surface area contributed by atoms with E-state index in [1.54, 1.807) is 30.3 Å². The summed E-state index contributed by atoms with van der Waals surface area (Å²) < 4.78 is 0. The van der Waals surface area contributed by atoms with Crippen molar-refractivity contribution in [3.8, 4) is 0 Å². The van der Waals surface area contributed by atoms with Crippen LogP contribution in [0.4, 0.5) is 11.4 Å². The lowest BCUT2D eigenvalue weighted by molar-refractivity contribution is -0.385.